The summed E-state index contributed by atoms with van der Waals surface area (Å²) in [4.78, 5) is 7.35. The average molecular weight is 200 g/mol. The van der Waals surface area contributed by atoms with Crippen LogP contribution in [-0.2, 0) is 0 Å². The summed E-state index contributed by atoms with van der Waals surface area (Å²) in [7, 11) is 0. The number of aromatic nitrogens is 2. The Morgan fingerprint density at radius 1 is 1.14 bits per heavy atom. The minimum Gasteiger partial charge on any atom is -0.367 e. The number of fused-ring (bicyclic) bond motifs is 1. The topological polar surface area (TPSA) is 28.7 Å². The first kappa shape index (κ1) is 7.76. The van der Waals surface area contributed by atoms with Crippen LogP contribution in [0.3, 0.4) is 0 Å². The van der Waals surface area contributed by atoms with Crippen molar-refractivity contribution in [3.63, 3.8) is 0 Å². The highest BCUT2D eigenvalue weighted by molar-refractivity contribution is 7.16. The molecule has 0 aliphatic carbocycles. The van der Waals surface area contributed by atoms with Crippen molar-refractivity contribution in [1.29, 1.82) is 0 Å². The quantitative estimate of drug-likeness (QED) is 0.641. The van der Waals surface area contributed by atoms with E-state index in [9.17, 15) is 0 Å². The molecule has 3 rings (SSSR count). The van der Waals surface area contributed by atoms with Crippen LogP contribution in [0.5, 0.6) is 0 Å². The van der Waals surface area contributed by atoms with Crippen LogP contribution in [0.2, 0.25) is 0 Å². The summed E-state index contributed by atoms with van der Waals surface area (Å²) >= 11 is 1.67. The van der Waals surface area contributed by atoms with Gasteiger partial charge < -0.3 is 4.98 Å². The van der Waals surface area contributed by atoms with Gasteiger partial charge in [0.25, 0.3) is 0 Å². The molecule has 0 spiro atoms. The van der Waals surface area contributed by atoms with Crippen molar-refractivity contribution in [3.05, 3.63) is 42.2 Å². The van der Waals surface area contributed by atoms with Gasteiger partial charge in [0.15, 0.2) is 0 Å². The minimum atomic E-state index is 1.08. The van der Waals surface area contributed by atoms with Crippen LogP contribution in [0.1, 0.15) is 0 Å². The normalized spacial score (nSPS) is 10.9. The molecule has 1 N–H and O–H groups in total. The van der Waals surface area contributed by atoms with Crippen LogP contribution in [0.25, 0.3) is 21.3 Å². The summed E-state index contributed by atoms with van der Waals surface area (Å²) < 4.78 is 1.24. The number of hydrogen-bond donors (Lipinski definition) is 1. The number of rotatable bonds is 1. The second kappa shape index (κ2) is 2.96. The molecule has 0 saturated carbocycles. The predicted molar refractivity (Wildman–Crippen MR) is 59.4 cm³/mol. The molecule has 0 unspecified atom stereocenters. The van der Waals surface area contributed by atoms with Crippen molar-refractivity contribution in [2.75, 3.05) is 0 Å². The van der Waals surface area contributed by atoms with Crippen LogP contribution in [0, 0.1) is 0 Å². The fourth-order valence-electron chi connectivity index (χ4n) is 1.54. The van der Waals surface area contributed by atoms with Gasteiger partial charge in [-0.25, -0.2) is 4.98 Å². The number of H-pyrrole nitrogens is 1. The van der Waals surface area contributed by atoms with E-state index in [0.29, 0.717) is 0 Å². The molecule has 68 valence electrons. The molecule has 3 heteroatoms. The first-order chi connectivity index (χ1) is 6.93. The molecule has 2 aromatic heterocycles. The van der Waals surface area contributed by atoms with Gasteiger partial charge in [0.2, 0.25) is 0 Å². The average Bonchev–Trinajstić information content (AvgIpc) is 2.88. The van der Waals surface area contributed by atoms with Gasteiger partial charge in [-0.2, -0.15) is 0 Å². The third-order valence-electron chi connectivity index (χ3n) is 2.26. The minimum absolute atomic E-state index is 1.08. The molecule has 1 aromatic carbocycles. The number of nitrogens with zero attached hydrogens (tertiary/aromatic N) is 1. The molecule has 0 bridgehead atoms. The number of hydrogen-bond acceptors (Lipinski definition) is 2. The maximum atomic E-state index is 4.30. The predicted octanol–water partition coefficient (Wildman–Crippen LogP) is 3.29. The lowest BCUT2D eigenvalue weighted by Gasteiger charge is -1.96. The zero-order chi connectivity index (χ0) is 9.38. The Kier molecular flexibility index (Phi) is 1.64. The van der Waals surface area contributed by atoms with Crippen molar-refractivity contribution in [2.45, 2.75) is 0 Å². The van der Waals surface area contributed by atoms with Crippen LogP contribution in [0.4, 0.5) is 0 Å². The first-order valence-corrected chi connectivity index (χ1v) is 5.28. The smallest absolute Gasteiger partial charge is 0.0818 e. The monoisotopic (exact) mass is 200 g/mol. The van der Waals surface area contributed by atoms with Crippen LogP contribution < -0.4 is 0 Å². The summed E-state index contributed by atoms with van der Waals surface area (Å²) in [6.07, 6.45) is 3.92. The van der Waals surface area contributed by atoms with E-state index in [1.165, 1.54) is 15.8 Å². The van der Waals surface area contributed by atoms with Crippen LogP contribution in [0.15, 0.2) is 42.2 Å². The molecular formula is C11H8N2S. The zero-order valence-electron chi connectivity index (χ0n) is 7.40. The Hall–Kier alpha value is -1.61. The first-order valence-electron chi connectivity index (χ1n) is 4.40. The lowest BCUT2D eigenvalue weighted by molar-refractivity contribution is 1.41. The van der Waals surface area contributed by atoms with Gasteiger partial charge in [-0.15, -0.1) is 11.3 Å². The highest BCUT2D eigenvalue weighted by atomic mass is 32.1. The fraction of sp³-hybridized carbons (Fsp3) is 0. The molecule has 3 aromatic rings. The van der Waals surface area contributed by atoms with Crippen molar-refractivity contribution in [1.82, 2.24) is 9.97 Å². The Morgan fingerprint density at radius 3 is 3.00 bits per heavy atom. The number of benzene rings is 1. The summed E-state index contributed by atoms with van der Waals surface area (Å²) in [6.45, 7) is 0. The maximum Gasteiger partial charge on any atom is 0.0818 e. The summed E-state index contributed by atoms with van der Waals surface area (Å²) in [6, 6.07) is 8.43. The molecule has 0 aliphatic heterocycles. The van der Waals surface area contributed by atoms with Gasteiger partial charge in [-0.05, 0) is 29.3 Å². The summed E-state index contributed by atoms with van der Waals surface area (Å²) in [5.41, 5.74) is 5.38. The number of aromatic amines is 1. The highest BCUT2D eigenvalue weighted by Gasteiger charge is 2.00. The molecule has 0 radical (unpaired) electrons. The SMILES string of the molecule is c1cc(-c2ccc3scnc3c2)c[nH]1. The Labute approximate surface area is 85.2 Å². The van der Waals surface area contributed by atoms with Crippen molar-refractivity contribution in [2.24, 2.45) is 0 Å². The standard InChI is InChI=1S/C11H8N2S/c1-2-11-10(13-7-14-11)5-8(1)9-3-4-12-6-9/h1-7,12H. The molecule has 0 fully saturated rings. The van der Waals surface area contributed by atoms with E-state index < -0.39 is 0 Å². The van der Waals surface area contributed by atoms with Crippen molar-refractivity contribution < 1.29 is 0 Å². The van der Waals surface area contributed by atoms with Crippen molar-refractivity contribution in [3.8, 4) is 11.1 Å². The second-order valence-corrected chi connectivity index (χ2v) is 4.02. The molecule has 14 heavy (non-hydrogen) atoms. The van der Waals surface area contributed by atoms with E-state index >= 15 is 0 Å². The van der Waals surface area contributed by atoms with Crippen LogP contribution >= 0.6 is 11.3 Å². The summed E-state index contributed by atoms with van der Waals surface area (Å²) in [5.74, 6) is 0. The zero-order valence-corrected chi connectivity index (χ0v) is 8.21. The van der Waals surface area contributed by atoms with Gasteiger partial charge in [0, 0.05) is 12.4 Å². The molecule has 0 amide bonds. The van der Waals surface area contributed by atoms with E-state index in [0.717, 1.165) is 5.52 Å². The Balaban J connectivity index is 2.23. The third kappa shape index (κ3) is 1.14. The van der Waals surface area contributed by atoms with Gasteiger partial charge in [-0.1, -0.05) is 6.07 Å². The van der Waals surface area contributed by atoms with E-state index in [4.69, 9.17) is 0 Å². The van der Waals surface area contributed by atoms with Gasteiger partial charge in [-0.3, -0.25) is 0 Å². The Bertz CT molecular complexity index is 551. The molecule has 0 saturated heterocycles. The molecular weight excluding hydrogens is 192 g/mol. The largest absolute Gasteiger partial charge is 0.367 e. The third-order valence-corrected chi connectivity index (χ3v) is 3.07. The molecule has 2 nitrogen and oxygen atoms in total. The van der Waals surface area contributed by atoms with E-state index in [1.807, 2.05) is 17.9 Å². The molecule has 0 aliphatic rings. The van der Waals surface area contributed by atoms with Crippen molar-refractivity contribution >= 4 is 21.6 Å². The van der Waals surface area contributed by atoms with E-state index in [2.05, 4.69) is 34.2 Å². The van der Waals surface area contributed by atoms with Gasteiger partial charge in [0.05, 0.1) is 15.7 Å². The highest BCUT2D eigenvalue weighted by Crippen LogP contribution is 2.25. The Morgan fingerprint density at radius 2 is 2.14 bits per heavy atom. The number of thiazole rings is 1. The van der Waals surface area contributed by atoms with E-state index in [1.54, 1.807) is 11.3 Å². The number of nitrogens with one attached hydrogen (secondary N) is 1. The lowest BCUT2D eigenvalue weighted by atomic mass is 10.1. The summed E-state index contributed by atoms with van der Waals surface area (Å²) in [5, 5.41) is 0. The molecule has 2 heterocycles. The molecule has 0 atom stereocenters. The lowest BCUT2D eigenvalue weighted by Crippen LogP contribution is -1.73. The van der Waals surface area contributed by atoms with Gasteiger partial charge >= 0.3 is 0 Å². The fourth-order valence-corrected chi connectivity index (χ4v) is 2.20. The second-order valence-electron chi connectivity index (χ2n) is 3.13. The van der Waals surface area contributed by atoms with Crippen LogP contribution in [-0.4, -0.2) is 9.97 Å². The van der Waals surface area contributed by atoms with Gasteiger partial charge in [0.1, 0.15) is 0 Å². The van der Waals surface area contributed by atoms with E-state index in [-0.39, 0.29) is 0 Å². The maximum absolute atomic E-state index is 4.30.